The molecule has 1 aromatic rings. The van der Waals surface area contributed by atoms with Gasteiger partial charge in [-0.1, -0.05) is 20.8 Å². The number of carbonyl (C=O) groups is 1. The van der Waals surface area contributed by atoms with Crippen molar-refractivity contribution < 1.29 is 4.79 Å². The SMILES string of the molecule is CC(C)(C)C(=O)NC(=S)Nc1ccc(Br)cn1. The molecule has 6 heteroatoms. The van der Waals surface area contributed by atoms with Gasteiger partial charge in [-0.05, 0) is 40.3 Å². The summed E-state index contributed by atoms with van der Waals surface area (Å²) in [6, 6.07) is 3.60. The second kappa shape index (κ2) is 5.55. The highest BCUT2D eigenvalue weighted by atomic mass is 79.9. The lowest BCUT2D eigenvalue weighted by Crippen LogP contribution is -2.41. The van der Waals surface area contributed by atoms with Gasteiger partial charge in [0.2, 0.25) is 5.91 Å². The van der Waals surface area contributed by atoms with Crippen LogP contribution < -0.4 is 10.6 Å². The summed E-state index contributed by atoms with van der Waals surface area (Å²) in [5, 5.41) is 5.70. The number of aromatic nitrogens is 1. The number of anilines is 1. The summed E-state index contributed by atoms with van der Waals surface area (Å²) in [7, 11) is 0. The number of carbonyl (C=O) groups excluding carboxylic acids is 1. The first kappa shape index (κ1) is 14.1. The Morgan fingerprint density at radius 2 is 2.06 bits per heavy atom. The number of pyridine rings is 1. The van der Waals surface area contributed by atoms with Gasteiger partial charge in [-0.3, -0.25) is 4.79 Å². The first-order chi connectivity index (χ1) is 7.79. The van der Waals surface area contributed by atoms with Crippen molar-refractivity contribution in [2.24, 2.45) is 5.41 Å². The smallest absolute Gasteiger partial charge is 0.231 e. The standard InChI is InChI=1S/C11H14BrN3OS/c1-11(2,3)9(16)15-10(17)14-8-5-4-7(12)6-13-8/h4-6H,1-3H3,(H2,13,14,15,16,17). The summed E-state index contributed by atoms with van der Waals surface area (Å²) >= 11 is 8.30. The predicted octanol–water partition coefficient (Wildman–Crippen LogP) is 2.70. The quantitative estimate of drug-likeness (QED) is 0.782. The molecule has 0 fully saturated rings. The van der Waals surface area contributed by atoms with Gasteiger partial charge in [0, 0.05) is 16.1 Å². The summed E-state index contributed by atoms with van der Waals surface area (Å²) in [6.45, 7) is 5.47. The number of halogens is 1. The second-order valence-electron chi connectivity index (χ2n) is 4.52. The molecule has 4 nitrogen and oxygen atoms in total. The van der Waals surface area contributed by atoms with Crippen LogP contribution in [0.5, 0.6) is 0 Å². The van der Waals surface area contributed by atoms with Crippen molar-refractivity contribution in [2.45, 2.75) is 20.8 Å². The van der Waals surface area contributed by atoms with Crippen molar-refractivity contribution in [2.75, 3.05) is 5.32 Å². The third-order valence-electron chi connectivity index (χ3n) is 1.88. The van der Waals surface area contributed by atoms with Gasteiger partial charge in [0.25, 0.3) is 0 Å². The minimum atomic E-state index is -0.473. The Balaban J connectivity index is 2.56. The zero-order valence-electron chi connectivity index (χ0n) is 9.87. The molecule has 0 saturated carbocycles. The van der Waals surface area contributed by atoms with Crippen LogP contribution in [-0.4, -0.2) is 16.0 Å². The molecular weight excluding hydrogens is 302 g/mol. The van der Waals surface area contributed by atoms with Gasteiger partial charge in [0.1, 0.15) is 5.82 Å². The van der Waals surface area contributed by atoms with Crippen LogP contribution >= 0.6 is 28.1 Å². The molecule has 0 spiro atoms. The molecule has 0 aliphatic heterocycles. The van der Waals surface area contributed by atoms with Gasteiger partial charge in [-0.15, -0.1) is 0 Å². The van der Waals surface area contributed by atoms with E-state index in [1.807, 2.05) is 26.8 Å². The maximum absolute atomic E-state index is 11.7. The van der Waals surface area contributed by atoms with Crippen molar-refractivity contribution in [3.63, 3.8) is 0 Å². The number of thiocarbonyl (C=S) groups is 1. The minimum Gasteiger partial charge on any atom is -0.317 e. The van der Waals surface area contributed by atoms with E-state index in [4.69, 9.17) is 12.2 Å². The monoisotopic (exact) mass is 315 g/mol. The van der Waals surface area contributed by atoms with Gasteiger partial charge >= 0.3 is 0 Å². The molecule has 0 atom stereocenters. The van der Waals surface area contributed by atoms with Gasteiger partial charge in [-0.2, -0.15) is 0 Å². The number of nitrogens with one attached hydrogen (secondary N) is 2. The lowest BCUT2D eigenvalue weighted by Gasteiger charge is -2.18. The fraction of sp³-hybridized carbons (Fsp3) is 0.364. The molecule has 1 amide bonds. The zero-order chi connectivity index (χ0) is 13.1. The maximum Gasteiger partial charge on any atom is 0.231 e. The molecule has 0 aromatic carbocycles. The van der Waals surface area contributed by atoms with E-state index >= 15 is 0 Å². The summed E-state index contributed by atoms with van der Waals surface area (Å²) in [5.41, 5.74) is -0.473. The summed E-state index contributed by atoms with van der Waals surface area (Å²) in [6.07, 6.45) is 1.65. The predicted molar refractivity (Wildman–Crippen MR) is 75.8 cm³/mol. The first-order valence-electron chi connectivity index (χ1n) is 5.03. The Morgan fingerprint density at radius 1 is 1.41 bits per heavy atom. The zero-order valence-corrected chi connectivity index (χ0v) is 12.3. The lowest BCUT2D eigenvalue weighted by molar-refractivity contribution is -0.126. The van der Waals surface area contributed by atoms with Gasteiger partial charge in [0.15, 0.2) is 5.11 Å². The molecule has 2 N–H and O–H groups in total. The molecule has 1 heterocycles. The van der Waals surface area contributed by atoms with Crippen molar-refractivity contribution in [1.29, 1.82) is 0 Å². The van der Waals surface area contributed by atoms with E-state index in [0.29, 0.717) is 5.82 Å². The van der Waals surface area contributed by atoms with E-state index in [9.17, 15) is 4.79 Å². The van der Waals surface area contributed by atoms with Crippen molar-refractivity contribution >= 4 is 45.0 Å². The van der Waals surface area contributed by atoms with Gasteiger partial charge in [-0.25, -0.2) is 4.98 Å². The fourth-order valence-electron chi connectivity index (χ4n) is 0.888. The van der Waals surface area contributed by atoms with Crippen LogP contribution in [0.1, 0.15) is 20.8 Å². The lowest BCUT2D eigenvalue weighted by atomic mass is 9.96. The highest BCUT2D eigenvalue weighted by Gasteiger charge is 2.21. The van der Waals surface area contributed by atoms with E-state index < -0.39 is 5.41 Å². The topological polar surface area (TPSA) is 54.0 Å². The number of amides is 1. The number of nitrogens with zero attached hydrogens (tertiary/aromatic N) is 1. The third-order valence-corrected chi connectivity index (χ3v) is 2.55. The molecule has 92 valence electrons. The Labute approximate surface area is 114 Å². The highest BCUT2D eigenvalue weighted by Crippen LogP contribution is 2.13. The van der Waals surface area contributed by atoms with E-state index in [-0.39, 0.29) is 11.0 Å². The van der Waals surface area contributed by atoms with Crippen LogP contribution in [0.15, 0.2) is 22.8 Å². The molecule has 0 bridgehead atoms. The van der Waals surface area contributed by atoms with E-state index in [1.54, 1.807) is 12.3 Å². The van der Waals surface area contributed by atoms with E-state index in [2.05, 4.69) is 31.5 Å². The Morgan fingerprint density at radius 3 is 2.53 bits per heavy atom. The van der Waals surface area contributed by atoms with Crippen LogP contribution in [0.25, 0.3) is 0 Å². The average molecular weight is 316 g/mol. The molecular formula is C11H14BrN3OS. The fourth-order valence-corrected chi connectivity index (χ4v) is 1.32. The number of rotatable bonds is 1. The largest absolute Gasteiger partial charge is 0.317 e. The molecule has 1 aromatic heterocycles. The van der Waals surface area contributed by atoms with Crippen molar-refractivity contribution in [3.8, 4) is 0 Å². The average Bonchev–Trinajstić information content (AvgIpc) is 2.20. The van der Waals surface area contributed by atoms with Crippen molar-refractivity contribution in [3.05, 3.63) is 22.8 Å². The van der Waals surface area contributed by atoms with Crippen LogP contribution in [0, 0.1) is 5.41 Å². The normalized spacial score (nSPS) is 10.8. The summed E-state index contributed by atoms with van der Waals surface area (Å²) in [4.78, 5) is 15.7. The third kappa shape index (κ3) is 4.79. The van der Waals surface area contributed by atoms with Crippen LogP contribution in [0.3, 0.4) is 0 Å². The first-order valence-corrected chi connectivity index (χ1v) is 6.23. The molecule has 0 radical (unpaired) electrons. The van der Waals surface area contributed by atoms with Crippen LogP contribution in [0.4, 0.5) is 5.82 Å². The Kier molecular flexibility index (Phi) is 4.59. The van der Waals surface area contributed by atoms with Crippen molar-refractivity contribution in [1.82, 2.24) is 10.3 Å². The Hall–Kier alpha value is -1.01. The number of hydrogen-bond acceptors (Lipinski definition) is 3. The van der Waals surface area contributed by atoms with E-state index in [0.717, 1.165) is 4.47 Å². The summed E-state index contributed by atoms with van der Waals surface area (Å²) in [5.74, 6) is 0.458. The van der Waals surface area contributed by atoms with Crippen LogP contribution in [-0.2, 0) is 4.79 Å². The minimum absolute atomic E-state index is 0.132. The highest BCUT2D eigenvalue weighted by molar-refractivity contribution is 9.10. The summed E-state index contributed by atoms with van der Waals surface area (Å²) < 4.78 is 0.882. The molecule has 0 aliphatic carbocycles. The molecule has 1 rings (SSSR count). The maximum atomic E-state index is 11.7. The van der Waals surface area contributed by atoms with E-state index in [1.165, 1.54) is 0 Å². The van der Waals surface area contributed by atoms with Gasteiger partial charge in [0.05, 0.1) is 0 Å². The second-order valence-corrected chi connectivity index (χ2v) is 5.84. The molecule has 17 heavy (non-hydrogen) atoms. The molecule has 0 aliphatic rings. The Bertz CT molecular complexity index is 425. The van der Waals surface area contributed by atoms with Crippen LogP contribution in [0.2, 0.25) is 0 Å². The van der Waals surface area contributed by atoms with Gasteiger partial charge < -0.3 is 10.6 Å². The number of hydrogen-bond donors (Lipinski definition) is 2. The molecule has 0 unspecified atom stereocenters. The molecule has 0 saturated heterocycles.